The Morgan fingerprint density at radius 1 is 1.42 bits per heavy atom. The van der Waals surface area contributed by atoms with E-state index in [4.69, 9.17) is 0 Å². The van der Waals surface area contributed by atoms with Crippen molar-refractivity contribution in [2.45, 2.75) is 25.8 Å². The van der Waals surface area contributed by atoms with E-state index in [1.54, 1.807) is 0 Å². The van der Waals surface area contributed by atoms with E-state index in [0.29, 0.717) is 12.0 Å². The van der Waals surface area contributed by atoms with Crippen molar-refractivity contribution in [1.29, 1.82) is 5.26 Å². The lowest BCUT2D eigenvalue weighted by molar-refractivity contribution is -0.129. The zero-order valence-electron chi connectivity index (χ0n) is 11.0. The minimum atomic E-state index is 0.266. The number of nitriles is 1. The maximum atomic E-state index is 11.7. The molecule has 1 amide bonds. The molecule has 2 saturated heterocycles. The number of aromatic nitrogens is 1. The Kier molecular flexibility index (Phi) is 2.86. The number of fused-ring (bicyclic) bond motifs is 1. The van der Waals surface area contributed by atoms with Crippen molar-refractivity contribution in [3.8, 4) is 6.07 Å². The third kappa shape index (κ3) is 2.03. The number of piperazine rings is 1. The summed E-state index contributed by atoms with van der Waals surface area (Å²) in [6, 6.07) is 6.17. The number of rotatable bonds is 1. The van der Waals surface area contributed by atoms with Gasteiger partial charge in [0.2, 0.25) is 5.91 Å². The van der Waals surface area contributed by atoms with Crippen LogP contribution >= 0.6 is 0 Å². The maximum absolute atomic E-state index is 11.7. The van der Waals surface area contributed by atoms with Gasteiger partial charge in [0.15, 0.2) is 0 Å². The summed E-state index contributed by atoms with van der Waals surface area (Å²) in [5, 5.41) is 9.19. The Balaban J connectivity index is 1.86. The predicted molar refractivity (Wildman–Crippen MR) is 70.6 cm³/mol. The topological polar surface area (TPSA) is 60.2 Å². The molecule has 0 saturated carbocycles. The standard InChI is InChI=1S/C14H16N4O/c1-10-2-3-11(8-15)14(16-10)17-6-7-18-12(9-17)4-5-13(18)19/h2-3,12H,4-7,9H2,1H3. The molecular formula is C14H16N4O. The molecule has 0 spiro atoms. The highest BCUT2D eigenvalue weighted by atomic mass is 16.2. The van der Waals surface area contributed by atoms with Gasteiger partial charge in [0.25, 0.3) is 0 Å². The molecule has 5 heteroatoms. The summed E-state index contributed by atoms with van der Waals surface area (Å²) in [6.07, 6.45) is 1.58. The highest BCUT2D eigenvalue weighted by molar-refractivity contribution is 5.79. The van der Waals surface area contributed by atoms with E-state index >= 15 is 0 Å². The van der Waals surface area contributed by atoms with Crippen LogP contribution in [0.25, 0.3) is 0 Å². The number of anilines is 1. The second-order valence-corrected chi connectivity index (χ2v) is 5.16. The molecule has 2 aliphatic heterocycles. The normalized spacial score (nSPS) is 22.3. The molecule has 1 atom stereocenters. The lowest BCUT2D eigenvalue weighted by atomic mass is 10.1. The van der Waals surface area contributed by atoms with Gasteiger partial charge < -0.3 is 9.80 Å². The van der Waals surface area contributed by atoms with Gasteiger partial charge in [-0.2, -0.15) is 5.26 Å². The van der Waals surface area contributed by atoms with Crippen LogP contribution in [0.15, 0.2) is 12.1 Å². The fourth-order valence-electron chi connectivity index (χ4n) is 2.93. The first-order valence-electron chi connectivity index (χ1n) is 6.61. The van der Waals surface area contributed by atoms with Gasteiger partial charge in [0, 0.05) is 37.8 Å². The van der Waals surface area contributed by atoms with E-state index in [2.05, 4.69) is 16.0 Å². The molecule has 0 aromatic carbocycles. The number of pyridine rings is 1. The molecule has 2 fully saturated rings. The molecular weight excluding hydrogens is 240 g/mol. The van der Waals surface area contributed by atoms with Crippen LogP contribution in [-0.2, 0) is 4.79 Å². The summed E-state index contributed by atoms with van der Waals surface area (Å²) in [6.45, 7) is 4.22. The van der Waals surface area contributed by atoms with E-state index in [1.165, 1.54) is 0 Å². The first-order chi connectivity index (χ1) is 9.19. The Morgan fingerprint density at radius 2 is 2.26 bits per heavy atom. The Bertz CT molecular complexity index is 563. The van der Waals surface area contributed by atoms with Crippen molar-refractivity contribution in [1.82, 2.24) is 9.88 Å². The van der Waals surface area contributed by atoms with Crippen molar-refractivity contribution < 1.29 is 4.79 Å². The minimum absolute atomic E-state index is 0.266. The summed E-state index contributed by atoms with van der Waals surface area (Å²) in [4.78, 5) is 20.3. The van der Waals surface area contributed by atoms with E-state index in [-0.39, 0.29) is 11.9 Å². The first-order valence-corrected chi connectivity index (χ1v) is 6.61. The van der Waals surface area contributed by atoms with Gasteiger partial charge in [-0.25, -0.2) is 4.98 Å². The predicted octanol–water partition coefficient (Wildman–Crippen LogP) is 1.07. The van der Waals surface area contributed by atoms with Crippen molar-refractivity contribution >= 4 is 11.7 Å². The molecule has 1 aromatic heterocycles. The molecule has 19 heavy (non-hydrogen) atoms. The molecule has 0 aliphatic carbocycles. The summed E-state index contributed by atoms with van der Waals surface area (Å²) >= 11 is 0. The fraction of sp³-hybridized carbons (Fsp3) is 0.500. The monoisotopic (exact) mass is 256 g/mol. The van der Waals surface area contributed by atoms with Crippen LogP contribution in [0.3, 0.4) is 0 Å². The van der Waals surface area contributed by atoms with Crippen LogP contribution in [0.5, 0.6) is 0 Å². The number of hydrogen-bond donors (Lipinski definition) is 0. The number of hydrogen-bond acceptors (Lipinski definition) is 4. The molecule has 1 unspecified atom stereocenters. The van der Waals surface area contributed by atoms with Crippen LogP contribution in [0.4, 0.5) is 5.82 Å². The quantitative estimate of drug-likeness (QED) is 0.754. The molecule has 5 nitrogen and oxygen atoms in total. The van der Waals surface area contributed by atoms with E-state index in [9.17, 15) is 10.1 Å². The minimum Gasteiger partial charge on any atom is -0.352 e. The SMILES string of the molecule is Cc1ccc(C#N)c(N2CCN3C(=O)CCC3C2)n1. The van der Waals surface area contributed by atoms with Gasteiger partial charge in [-0.05, 0) is 25.5 Å². The highest BCUT2D eigenvalue weighted by Crippen LogP contribution is 2.27. The van der Waals surface area contributed by atoms with Gasteiger partial charge in [-0.1, -0.05) is 0 Å². The molecule has 2 aliphatic rings. The number of carbonyl (C=O) groups excluding carboxylic acids is 1. The smallest absolute Gasteiger partial charge is 0.223 e. The van der Waals surface area contributed by atoms with Crippen molar-refractivity contribution in [3.63, 3.8) is 0 Å². The van der Waals surface area contributed by atoms with Crippen LogP contribution in [-0.4, -0.2) is 41.5 Å². The molecule has 98 valence electrons. The molecule has 1 aromatic rings. The van der Waals surface area contributed by atoms with Crippen LogP contribution < -0.4 is 4.90 Å². The Hall–Kier alpha value is -2.09. The maximum Gasteiger partial charge on any atom is 0.223 e. The van der Waals surface area contributed by atoms with E-state index < -0.39 is 0 Å². The third-order valence-electron chi connectivity index (χ3n) is 3.93. The van der Waals surface area contributed by atoms with Gasteiger partial charge in [0.1, 0.15) is 11.9 Å². The summed E-state index contributed by atoms with van der Waals surface area (Å²) < 4.78 is 0. The first kappa shape index (κ1) is 12.0. The van der Waals surface area contributed by atoms with Crippen molar-refractivity contribution in [2.24, 2.45) is 0 Å². The third-order valence-corrected chi connectivity index (χ3v) is 3.93. The summed E-state index contributed by atoms with van der Waals surface area (Å²) in [5.74, 6) is 1.03. The zero-order valence-corrected chi connectivity index (χ0v) is 11.0. The molecule has 0 N–H and O–H groups in total. The fourth-order valence-corrected chi connectivity index (χ4v) is 2.93. The van der Waals surface area contributed by atoms with Crippen molar-refractivity contribution in [3.05, 3.63) is 23.4 Å². The Morgan fingerprint density at radius 3 is 3.05 bits per heavy atom. The van der Waals surface area contributed by atoms with Gasteiger partial charge >= 0.3 is 0 Å². The van der Waals surface area contributed by atoms with Crippen molar-refractivity contribution in [2.75, 3.05) is 24.5 Å². The number of nitrogens with zero attached hydrogens (tertiary/aromatic N) is 4. The van der Waals surface area contributed by atoms with Gasteiger partial charge in [-0.15, -0.1) is 0 Å². The summed E-state index contributed by atoms with van der Waals surface area (Å²) in [7, 11) is 0. The molecule has 0 radical (unpaired) electrons. The van der Waals surface area contributed by atoms with Gasteiger partial charge in [-0.3, -0.25) is 4.79 Å². The Labute approximate surface area is 112 Å². The number of aryl methyl sites for hydroxylation is 1. The van der Waals surface area contributed by atoms with Gasteiger partial charge in [0.05, 0.1) is 5.56 Å². The van der Waals surface area contributed by atoms with Crippen LogP contribution in [0.1, 0.15) is 24.1 Å². The number of amides is 1. The highest BCUT2D eigenvalue weighted by Gasteiger charge is 2.36. The van der Waals surface area contributed by atoms with E-state index in [1.807, 2.05) is 24.0 Å². The van der Waals surface area contributed by atoms with Crippen LogP contribution in [0, 0.1) is 18.3 Å². The number of carbonyl (C=O) groups is 1. The average molecular weight is 256 g/mol. The molecule has 3 rings (SSSR count). The second-order valence-electron chi connectivity index (χ2n) is 5.16. The zero-order chi connectivity index (χ0) is 13.4. The largest absolute Gasteiger partial charge is 0.352 e. The van der Waals surface area contributed by atoms with E-state index in [0.717, 1.165) is 37.6 Å². The lowest BCUT2D eigenvalue weighted by Gasteiger charge is -2.38. The molecule has 0 bridgehead atoms. The van der Waals surface area contributed by atoms with Crippen LogP contribution in [0.2, 0.25) is 0 Å². The summed E-state index contributed by atoms with van der Waals surface area (Å²) in [5.41, 5.74) is 1.53. The lowest BCUT2D eigenvalue weighted by Crippen LogP contribution is -2.52. The molecule has 3 heterocycles. The average Bonchev–Trinajstić information content (AvgIpc) is 2.80. The second kappa shape index (κ2) is 4.54.